The minimum atomic E-state index is 0. The van der Waals surface area contributed by atoms with E-state index < -0.39 is 0 Å². The second-order valence-corrected chi connectivity index (χ2v) is 0. The topological polar surface area (TPSA) is 0 Å². The van der Waals surface area contributed by atoms with Gasteiger partial charge in [-0.25, -0.2) is 0 Å². The van der Waals surface area contributed by atoms with Gasteiger partial charge in [0.15, 0.2) is 0 Å². The Morgan fingerprint density at radius 2 is 0.250 bits per heavy atom. The Morgan fingerprint density at radius 1 is 0.250 bits per heavy atom. The zero-order valence-corrected chi connectivity index (χ0v) is 25.5. The smallest absolute Gasteiger partial charge is 0 e. The molecular formula is In5Tm3. The van der Waals surface area contributed by atoms with Crippen LogP contribution in [-0.4, -0.2) is 129 Å². The van der Waals surface area contributed by atoms with Crippen LogP contribution in [0.15, 0.2) is 0 Å². The summed E-state index contributed by atoms with van der Waals surface area (Å²) in [5.41, 5.74) is 0. The number of rotatable bonds is 0. The van der Waals surface area contributed by atoms with E-state index in [0.717, 1.165) is 0 Å². The van der Waals surface area contributed by atoms with Crippen LogP contribution in [-0.2, 0) is 0 Å². The summed E-state index contributed by atoms with van der Waals surface area (Å²) in [6, 6.07) is 0. The van der Waals surface area contributed by atoms with Gasteiger partial charge in [0.05, 0.1) is 0 Å². The predicted molar refractivity (Wildman–Crippen MR) is 28.8 cm³/mol. The van der Waals surface area contributed by atoms with E-state index >= 15 is 0 Å². The molecule has 8 heteroatoms. The molecule has 0 aromatic carbocycles. The van der Waals surface area contributed by atoms with Gasteiger partial charge in [-0.2, -0.15) is 0 Å². The van der Waals surface area contributed by atoms with Gasteiger partial charge < -0.3 is 0 Å². The fourth-order valence-electron chi connectivity index (χ4n) is 0. The Labute approximate surface area is 232 Å². The molecule has 0 saturated heterocycles. The van der Waals surface area contributed by atoms with E-state index in [1.54, 1.807) is 0 Å². The van der Waals surface area contributed by atoms with E-state index in [0.29, 0.717) is 0 Å². The van der Waals surface area contributed by atoms with Crippen LogP contribution in [0, 0.1) is 111 Å². The molecule has 0 nitrogen and oxygen atoms in total. The molecular weight excluding hydrogens is 1080 g/mol. The summed E-state index contributed by atoms with van der Waals surface area (Å²) in [6.45, 7) is 0. The third-order valence-corrected chi connectivity index (χ3v) is 0. The average Bonchev–Trinajstić information content (AvgIpc) is 0. The van der Waals surface area contributed by atoms with Crippen LogP contribution in [0.25, 0.3) is 0 Å². The summed E-state index contributed by atoms with van der Waals surface area (Å²) in [7, 11) is 0. The molecule has 0 bridgehead atoms. The fraction of sp³-hybridized carbons (Fsp3) is 0. The van der Waals surface area contributed by atoms with E-state index in [-0.39, 0.29) is 240 Å². The summed E-state index contributed by atoms with van der Waals surface area (Å²) in [5.74, 6) is 0. The molecule has 0 fully saturated rings. The average molecular weight is 1080 g/mol. The summed E-state index contributed by atoms with van der Waals surface area (Å²) in [4.78, 5) is 0. The van der Waals surface area contributed by atoms with Crippen LogP contribution in [0.4, 0.5) is 0 Å². The van der Waals surface area contributed by atoms with Crippen LogP contribution in [0.1, 0.15) is 0 Å². The van der Waals surface area contributed by atoms with Crippen molar-refractivity contribution in [1.29, 1.82) is 0 Å². The summed E-state index contributed by atoms with van der Waals surface area (Å²) in [6.07, 6.45) is 0. The molecule has 0 rings (SSSR count). The second kappa shape index (κ2) is 45.8. The standard InChI is InChI=1S/5In.3Tm. The van der Waals surface area contributed by atoms with E-state index in [2.05, 4.69) is 0 Å². The van der Waals surface area contributed by atoms with Gasteiger partial charge in [-0.15, -0.1) is 0 Å². The minimum Gasteiger partial charge on any atom is 0 e. The van der Waals surface area contributed by atoms with Crippen LogP contribution < -0.4 is 0 Å². The van der Waals surface area contributed by atoms with Crippen LogP contribution in [0.3, 0.4) is 0 Å². The van der Waals surface area contributed by atoms with E-state index in [1.165, 1.54) is 0 Å². The maximum absolute atomic E-state index is 0. The first-order valence-electron chi connectivity index (χ1n) is 0. The molecule has 0 unspecified atom stereocenters. The van der Waals surface area contributed by atoms with E-state index in [4.69, 9.17) is 0 Å². The first-order valence-corrected chi connectivity index (χ1v) is 0. The van der Waals surface area contributed by atoms with Gasteiger partial charge in [0.1, 0.15) is 0 Å². The largest absolute Gasteiger partial charge is 0 e. The second-order valence-electron chi connectivity index (χ2n) is 0. The molecule has 0 aromatic heterocycles. The monoisotopic (exact) mass is 1080 g/mol. The van der Waals surface area contributed by atoms with E-state index in [9.17, 15) is 0 Å². The molecule has 0 N–H and O–H groups in total. The van der Waals surface area contributed by atoms with Crippen molar-refractivity contribution in [3.05, 3.63) is 0 Å². The third kappa shape index (κ3) is 36.9. The van der Waals surface area contributed by atoms with Crippen molar-refractivity contribution in [3.8, 4) is 0 Å². The SMILES string of the molecule is [In].[In].[In].[In].[In].[Tm].[Tm].[Tm]. The van der Waals surface area contributed by atoms with E-state index in [1.807, 2.05) is 0 Å². The summed E-state index contributed by atoms with van der Waals surface area (Å²) < 4.78 is 0. The molecule has 0 aromatic rings. The quantitative estimate of drug-likeness (QED) is 0.267. The summed E-state index contributed by atoms with van der Waals surface area (Å²) >= 11 is 0. The maximum Gasteiger partial charge on any atom is 0 e. The first-order chi connectivity index (χ1) is 0. The van der Waals surface area contributed by atoms with Crippen LogP contribution in [0.5, 0.6) is 0 Å². The molecule has 0 amide bonds. The van der Waals surface area contributed by atoms with Gasteiger partial charge in [0, 0.05) is 240 Å². The van der Waals surface area contributed by atoms with Crippen molar-refractivity contribution in [2.24, 2.45) is 0 Å². The molecule has 0 aliphatic heterocycles. The molecule has 0 atom stereocenters. The van der Waals surface area contributed by atoms with Gasteiger partial charge in [0.2, 0.25) is 0 Å². The van der Waals surface area contributed by atoms with Crippen molar-refractivity contribution in [2.75, 3.05) is 0 Å². The van der Waals surface area contributed by atoms with Gasteiger partial charge in [-0.1, -0.05) is 0 Å². The molecule has 0 aliphatic rings. The Balaban J connectivity index is 0. The zero-order valence-electron chi connectivity index (χ0n) is 3.72. The summed E-state index contributed by atoms with van der Waals surface area (Å²) in [5, 5.41) is 0. The van der Waals surface area contributed by atoms with Crippen LogP contribution in [0.2, 0.25) is 0 Å². The Hall–Kier alpha value is 8.05. The Bertz CT molecular complexity index is 7.64. The minimum absolute atomic E-state index is 0. The van der Waals surface area contributed by atoms with Crippen molar-refractivity contribution in [2.45, 2.75) is 0 Å². The van der Waals surface area contributed by atoms with Crippen molar-refractivity contribution in [1.82, 2.24) is 0 Å². The van der Waals surface area contributed by atoms with Gasteiger partial charge in [-0.05, 0) is 0 Å². The van der Waals surface area contributed by atoms with Crippen molar-refractivity contribution < 1.29 is 111 Å². The normalized spacial score (nSPS) is 0. The molecule has 0 aliphatic carbocycles. The van der Waals surface area contributed by atoms with Gasteiger partial charge >= 0.3 is 0 Å². The first kappa shape index (κ1) is 56.1. The number of hydrogen-bond donors (Lipinski definition) is 0. The van der Waals surface area contributed by atoms with Gasteiger partial charge in [0.25, 0.3) is 0 Å². The molecule has 54 valence electrons. The molecule has 8 heavy (non-hydrogen) atoms. The van der Waals surface area contributed by atoms with Crippen LogP contribution >= 0.6 is 0 Å². The maximum atomic E-state index is 0. The molecule has 0 spiro atoms. The molecule has 18 radical (unpaired) electrons. The third-order valence-electron chi connectivity index (χ3n) is 0. The van der Waals surface area contributed by atoms with Crippen molar-refractivity contribution >= 4 is 129 Å². The van der Waals surface area contributed by atoms with Gasteiger partial charge in [-0.3, -0.25) is 0 Å². The zero-order chi connectivity index (χ0) is 0. The Kier molecular flexibility index (Phi) is 321. The molecule has 0 saturated carbocycles. The number of hydrogen-bond acceptors (Lipinski definition) is 0. The van der Waals surface area contributed by atoms with Crippen molar-refractivity contribution in [3.63, 3.8) is 0 Å². The molecule has 0 heterocycles. The predicted octanol–water partition coefficient (Wildman–Crippen LogP) is -1.90. The Morgan fingerprint density at radius 3 is 0.250 bits per heavy atom. The fourth-order valence-corrected chi connectivity index (χ4v) is 0.